The van der Waals surface area contributed by atoms with Gasteiger partial charge in [-0.05, 0) is 78.8 Å². The molecular formula is C21H24BrF3N4O5S. The van der Waals surface area contributed by atoms with E-state index in [0.717, 1.165) is 45.7 Å². The summed E-state index contributed by atoms with van der Waals surface area (Å²) in [5.74, 6) is -4.43. The average Bonchev–Trinajstić information content (AvgIpc) is 3.48. The van der Waals surface area contributed by atoms with Crippen molar-refractivity contribution >= 4 is 44.6 Å². The second kappa shape index (κ2) is 12.9. The van der Waals surface area contributed by atoms with E-state index in [0.29, 0.717) is 18.1 Å². The molecule has 192 valence electrons. The molecule has 2 N–H and O–H groups in total. The number of rotatable bonds is 10. The second-order valence-corrected chi connectivity index (χ2v) is 9.20. The predicted octanol–water partition coefficient (Wildman–Crippen LogP) is 5.04. The van der Waals surface area contributed by atoms with Crippen LogP contribution in [0.15, 0.2) is 10.5 Å². The summed E-state index contributed by atoms with van der Waals surface area (Å²) in [4.78, 5) is 26.3. The summed E-state index contributed by atoms with van der Waals surface area (Å²) in [5, 5.41) is 5.20. The molecule has 1 saturated heterocycles. The molecule has 2 amide bonds. The highest BCUT2D eigenvalue weighted by Crippen LogP contribution is 2.40. The van der Waals surface area contributed by atoms with Crippen molar-refractivity contribution in [2.45, 2.75) is 32.3 Å². The topological polar surface area (TPSA) is 102 Å². The smallest absolute Gasteiger partial charge is 0.469 e. The van der Waals surface area contributed by atoms with Gasteiger partial charge in [-0.1, -0.05) is 0 Å². The first-order chi connectivity index (χ1) is 16.8. The number of carbonyl (C=O) groups is 2. The molecule has 1 aromatic heterocycles. The number of benzene rings is 1. The molecule has 0 radical (unpaired) electrons. The first-order valence-electron chi connectivity index (χ1n) is 10.8. The normalized spacial score (nSPS) is 13.5. The lowest BCUT2D eigenvalue weighted by Crippen LogP contribution is -2.30. The van der Waals surface area contributed by atoms with Crippen LogP contribution in [0.4, 0.5) is 27.8 Å². The molecule has 14 heteroatoms. The number of methoxy groups -OCH3 is 1. The van der Waals surface area contributed by atoms with Gasteiger partial charge in [0.2, 0.25) is 5.75 Å². The van der Waals surface area contributed by atoms with Crippen LogP contribution in [0.1, 0.15) is 31.2 Å². The van der Waals surface area contributed by atoms with Gasteiger partial charge in [-0.25, -0.2) is 22.8 Å². The minimum atomic E-state index is -1.44. The molecule has 1 aromatic carbocycles. The lowest BCUT2D eigenvalue weighted by Gasteiger charge is -2.14. The molecule has 1 fully saturated rings. The molecular weight excluding hydrogens is 557 g/mol. The van der Waals surface area contributed by atoms with Crippen molar-refractivity contribution in [3.05, 3.63) is 33.6 Å². The van der Waals surface area contributed by atoms with Crippen molar-refractivity contribution in [3.63, 3.8) is 0 Å². The minimum Gasteiger partial charge on any atom is -0.469 e. The Morgan fingerprint density at radius 1 is 1.20 bits per heavy atom. The third kappa shape index (κ3) is 7.45. The second-order valence-electron chi connectivity index (χ2n) is 7.57. The van der Waals surface area contributed by atoms with Gasteiger partial charge >= 0.3 is 12.2 Å². The van der Waals surface area contributed by atoms with E-state index in [4.69, 9.17) is 9.47 Å². The zero-order valence-electron chi connectivity index (χ0n) is 18.8. The Kier molecular flexibility index (Phi) is 9.98. The number of amides is 2. The van der Waals surface area contributed by atoms with Crippen LogP contribution in [-0.4, -0.2) is 54.7 Å². The number of hydrogen-bond acceptors (Lipinski definition) is 8. The molecule has 35 heavy (non-hydrogen) atoms. The predicted molar refractivity (Wildman–Crippen MR) is 125 cm³/mol. The molecule has 0 atom stereocenters. The van der Waals surface area contributed by atoms with Gasteiger partial charge in [0.1, 0.15) is 12.4 Å². The van der Waals surface area contributed by atoms with E-state index in [2.05, 4.69) is 40.6 Å². The summed E-state index contributed by atoms with van der Waals surface area (Å²) in [5.41, 5.74) is -0.691. The third-order valence-electron chi connectivity index (χ3n) is 5.15. The van der Waals surface area contributed by atoms with Gasteiger partial charge < -0.3 is 24.4 Å². The maximum atomic E-state index is 14.1. The number of nitrogens with one attached hydrogen (secondary N) is 2. The van der Waals surface area contributed by atoms with E-state index in [1.165, 1.54) is 12.8 Å². The molecule has 2 heterocycles. The number of urea groups is 1. The number of anilines is 1. The standard InChI is InChI=1S/C21H24BrF3N4O5S/c1-32-21(31)34-17-18(33-11-12-14(23)10-13(22)16(25)15(12)24)28-35-19(17)27-20(30)26-6-2-3-7-29-8-4-5-9-29/h10H,2-9,11H2,1H3,(H2,26,27,30). The SMILES string of the molecule is COC(=O)Oc1c(OCc2c(F)cc(Br)c(F)c2F)nsc1NC(=O)NCCCCN1CCCC1. The largest absolute Gasteiger partial charge is 0.513 e. The van der Waals surface area contributed by atoms with Gasteiger partial charge in [-0.2, -0.15) is 0 Å². The van der Waals surface area contributed by atoms with Crippen LogP contribution >= 0.6 is 27.5 Å². The van der Waals surface area contributed by atoms with E-state index in [1.807, 2.05) is 0 Å². The van der Waals surface area contributed by atoms with Gasteiger partial charge in [-0.3, -0.25) is 5.32 Å². The first kappa shape index (κ1) is 27.0. The van der Waals surface area contributed by atoms with Gasteiger partial charge in [0.15, 0.2) is 16.6 Å². The monoisotopic (exact) mass is 580 g/mol. The Hall–Kier alpha value is -2.58. The zero-order valence-corrected chi connectivity index (χ0v) is 21.2. The average molecular weight is 581 g/mol. The Morgan fingerprint density at radius 3 is 2.66 bits per heavy atom. The summed E-state index contributed by atoms with van der Waals surface area (Å²) < 4.78 is 60.2. The van der Waals surface area contributed by atoms with E-state index in [-0.39, 0.29) is 21.1 Å². The summed E-state index contributed by atoms with van der Waals surface area (Å²) in [6, 6.07) is 0.190. The van der Waals surface area contributed by atoms with Crippen molar-refractivity contribution in [3.8, 4) is 11.6 Å². The van der Waals surface area contributed by atoms with E-state index in [9.17, 15) is 22.8 Å². The molecule has 2 aromatic rings. The maximum Gasteiger partial charge on any atom is 0.513 e. The molecule has 0 saturated carbocycles. The number of nitrogens with zero attached hydrogens (tertiary/aromatic N) is 2. The van der Waals surface area contributed by atoms with Gasteiger partial charge in [0, 0.05) is 6.54 Å². The highest BCUT2D eigenvalue weighted by Gasteiger charge is 2.24. The number of unbranched alkanes of at least 4 members (excludes halogenated alkanes) is 1. The van der Waals surface area contributed by atoms with Gasteiger partial charge in [0.25, 0.3) is 5.88 Å². The highest BCUT2D eigenvalue weighted by molar-refractivity contribution is 9.10. The molecule has 1 aliphatic heterocycles. The van der Waals surface area contributed by atoms with Crippen LogP contribution in [0.3, 0.4) is 0 Å². The fraction of sp³-hybridized carbons (Fsp3) is 0.476. The fourth-order valence-electron chi connectivity index (χ4n) is 3.35. The quantitative estimate of drug-likeness (QED) is 0.175. The van der Waals surface area contributed by atoms with Gasteiger partial charge in [-0.15, -0.1) is 4.37 Å². The number of halogens is 4. The molecule has 0 aliphatic carbocycles. The Balaban J connectivity index is 1.60. The van der Waals surface area contributed by atoms with Crippen molar-refractivity contribution in [1.82, 2.24) is 14.6 Å². The summed E-state index contributed by atoms with van der Waals surface area (Å²) in [7, 11) is 1.07. The van der Waals surface area contributed by atoms with Gasteiger partial charge in [0.05, 0.1) is 17.1 Å². The van der Waals surface area contributed by atoms with Crippen LogP contribution in [0.2, 0.25) is 0 Å². The fourth-order valence-corrected chi connectivity index (χ4v) is 4.38. The van der Waals surface area contributed by atoms with E-state index >= 15 is 0 Å². The Morgan fingerprint density at radius 2 is 1.94 bits per heavy atom. The molecule has 0 unspecified atom stereocenters. The molecule has 0 bridgehead atoms. The summed E-state index contributed by atoms with van der Waals surface area (Å²) in [6.45, 7) is 2.89. The molecule has 1 aliphatic rings. The van der Waals surface area contributed by atoms with E-state index in [1.54, 1.807) is 0 Å². The van der Waals surface area contributed by atoms with Crippen molar-refractivity contribution in [1.29, 1.82) is 0 Å². The van der Waals surface area contributed by atoms with Crippen molar-refractivity contribution < 1.29 is 37.0 Å². The molecule has 3 rings (SSSR count). The molecule has 0 spiro atoms. The van der Waals surface area contributed by atoms with E-state index < -0.39 is 41.8 Å². The summed E-state index contributed by atoms with van der Waals surface area (Å²) >= 11 is 3.43. The van der Waals surface area contributed by atoms with Crippen LogP contribution < -0.4 is 20.1 Å². The highest BCUT2D eigenvalue weighted by atomic mass is 79.9. The lowest BCUT2D eigenvalue weighted by atomic mass is 10.2. The number of aromatic nitrogens is 1. The number of likely N-dealkylation sites (tertiary alicyclic amines) is 1. The van der Waals surface area contributed by atoms with Crippen molar-refractivity contribution in [2.24, 2.45) is 0 Å². The molecule has 9 nitrogen and oxygen atoms in total. The lowest BCUT2D eigenvalue weighted by molar-refractivity contribution is 0.119. The maximum absolute atomic E-state index is 14.1. The minimum absolute atomic E-state index is 0.00268. The van der Waals surface area contributed by atoms with Crippen LogP contribution in [0, 0.1) is 17.5 Å². The van der Waals surface area contributed by atoms with Crippen LogP contribution in [0.25, 0.3) is 0 Å². The number of carbonyl (C=O) groups excluding carboxylic acids is 2. The number of ether oxygens (including phenoxy) is 3. The van der Waals surface area contributed by atoms with Crippen molar-refractivity contribution in [2.75, 3.05) is 38.6 Å². The van der Waals surface area contributed by atoms with Crippen LogP contribution in [-0.2, 0) is 11.3 Å². The number of hydrogen-bond donors (Lipinski definition) is 2. The van der Waals surface area contributed by atoms with Crippen LogP contribution in [0.5, 0.6) is 11.6 Å². The Labute approximate surface area is 212 Å². The zero-order chi connectivity index (χ0) is 25.4. The summed E-state index contributed by atoms with van der Waals surface area (Å²) in [6.07, 6.45) is 3.04. The Bertz CT molecular complexity index is 1050. The third-order valence-corrected chi connectivity index (χ3v) is 6.45. The first-order valence-corrected chi connectivity index (χ1v) is 12.3.